The minimum atomic E-state index is -1.15. The maximum Gasteiger partial charge on any atom is 0.331 e. The SMILES string of the molecule is CCCCCCCCCCCCc1cnc(-c2ccc(OC(=O)C(C)(C#N)CC(C)CC)cc2)nc1. The van der Waals surface area contributed by atoms with E-state index < -0.39 is 11.4 Å². The van der Waals surface area contributed by atoms with E-state index in [4.69, 9.17) is 4.74 Å². The van der Waals surface area contributed by atoms with E-state index in [1.165, 1.54) is 69.8 Å². The van der Waals surface area contributed by atoms with E-state index in [2.05, 4.69) is 29.9 Å². The van der Waals surface area contributed by atoms with Gasteiger partial charge in [-0.3, -0.25) is 0 Å². The number of esters is 1. The van der Waals surface area contributed by atoms with E-state index in [-0.39, 0.29) is 5.92 Å². The van der Waals surface area contributed by atoms with Crippen LogP contribution in [0.2, 0.25) is 0 Å². The number of nitriles is 1. The topological polar surface area (TPSA) is 75.9 Å². The molecule has 0 fully saturated rings. The van der Waals surface area contributed by atoms with Crippen LogP contribution in [0.4, 0.5) is 0 Å². The Hall–Kier alpha value is -2.74. The Bertz CT molecular complexity index is 934. The van der Waals surface area contributed by atoms with Crippen LogP contribution in [0.5, 0.6) is 5.75 Å². The fraction of sp³-hybridized carbons (Fsp3) is 0.613. The highest BCUT2D eigenvalue weighted by Gasteiger charge is 2.36. The molecule has 196 valence electrons. The predicted octanol–water partition coefficient (Wildman–Crippen LogP) is 8.48. The Morgan fingerprint density at radius 3 is 2.03 bits per heavy atom. The third-order valence-electron chi connectivity index (χ3n) is 7.00. The number of benzene rings is 1. The lowest BCUT2D eigenvalue weighted by molar-refractivity contribution is -0.142. The molecule has 2 unspecified atom stereocenters. The molecule has 0 aliphatic heterocycles. The molecule has 2 rings (SSSR count). The van der Waals surface area contributed by atoms with Crippen molar-refractivity contribution in [2.24, 2.45) is 11.3 Å². The summed E-state index contributed by atoms with van der Waals surface area (Å²) in [5, 5.41) is 9.56. The Morgan fingerprint density at radius 1 is 0.944 bits per heavy atom. The fourth-order valence-corrected chi connectivity index (χ4v) is 4.36. The fourth-order valence-electron chi connectivity index (χ4n) is 4.36. The number of aromatic nitrogens is 2. The third-order valence-corrected chi connectivity index (χ3v) is 7.00. The van der Waals surface area contributed by atoms with Gasteiger partial charge in [-0.15, -0.1) is 0 Å². The summed E-state index contributed by atoms with van der Waals surface area (Å²) in [5.41, 5.74) is 0.880. The highest BCUT2D eigenvalue weighted by molar-refractivity contribution is 5.81. The average molecular weight is 492 g/mol. The first kappa shape index (κ1) is 29.5. The summed E-state index contributed by atoms with van der Waals surface area (Å²) < 4.78 is 5.52. The number of nitrogens with zero attached hydrogens (tertiary/aromatic N) is 3. The van der Waals surface area contributed by atoms with Gasteiger partial charge in [0.25, 0.3) is 0 Å². The number of hydrogen-bond donors (Lipinski definition) is 0. The van der Waals surface area contributed by atoms with Crippen molar-refractivity contribution < 1.29 is 9.53 Å². The number of carbonyl (C=O) groups excluding carboxylic acids is 1. The van der Waals surface area contributed by atoms with Crippen LogP contribution in [0.3, 0.4) is 0 Å². The maximum absolute atomic E-state index is 12.6. The average Bonchev–Trinajstić information content (AvgIpc) is 2.90. The van der Waals surface area contributed by atoms with Gasteiger partial charge in [-0.25, -0.2) is 14.8 Å². The number of aryl methyl sites for hydroxylation is 1. The van der Waals surface area contributed by atoms with E-state index >= 15 is 0 Å². The first-order valence-corrected chi connectivity index (χ1v) is 14.0. The summed E-state index contributed by atoms with van der Waals surface area (Å²) in [6.07, 6.45) is 19.6. The first-order valence-electron chi connectivity index (χ1n) is 14.0. The largest absolute Gasteiger partial charge is 0.425 e. The van der Waals surface area contributed by atoms with Crippen LogP contribution in [-0.2, 0) is 11.2 Å². The molecule has 5 heteroatoms. The second kappa shape index (κ2) is 16.1. The van der Waals surface area contributed by atoms with Crippen molar-refractivity contribution in [1.82, 2.24) is 9.97 Å². The minimum absolute atomic E-state index is 0.273. The Balaban J connectivity index is 1.77. The summed E-state index contributed by atoms with van der Waals surface area (Å²) in [6, 6.07) is 9.30. The van der Waals surface area contributed by atoms with Gasteiger partial charge in [0, 0.05) is 18.0 Å². The molecule has 0 saturated carbocycles. The second-order valence-corrected chi connectivity index (χ2v) is 10.4. The molecule has 0 bridgehead atoms. The molecule has 36 heavy (non-hydrogen) atoms. The molecule has 0 radical (unpaired) electrons. The van der Waals surface area contributed by atoms with Crippen LogP contribution in [-0.4, -0.2) is 15.9 Å². The molecule has 0 saturated heterocycles. The van der Waals surface area contributed by atoms with Crippen molar-refractivity contribution in [1.29, 1.82) is 5.26 Å². The third kappa shape index (κ3) is 10.1. The van der Waals surface area contributed by atoms with Crippen LogP contribution in [0, 0.1) is 22.7 Å². The molecule has 2 atom stereocenters. The molecule has 1 aromatic heterocycles. The monoisotopic (exact) mass is 491 g/mol. The lowest BCUT2D eigenvalue weighted by Gasteiger charge is -2.22. The van der Waals surface area contributed by atoms with Crippen LogP contribution in [0.25, 0.3) is 11.4 Å². The Kier molecular flexibility index (Phi) is 13.2. The van der Waals surface area contributed by atoms with Crippen molar-refractivity contribution in [3.05, 3.63) is 42.2 Å². The minimum Gasteiger partial charge on any atom is -0.425 e. The van der Waals surface area contributed by atoms with Gasteiger partial charge >= 0.3 is 5.97 Å². The van der Waals surface area contributed by atoms with E-state index in [0.717, 1.165) is 18.4 Å². The smallest absolute Gasteiger partial charge is 0.331 e. The molecule has 0 N–H and O–H groups in total. The van der Waals surface area contributed by atoms with Crippen molar-refractivity contribution >= 4 is 5.97 Å². The first-order chi connectivity index (χ1) is 17.4. The van der Waals surface area contributed by atoms with Gasteiger partial charge in [-0.2, -0.15) is 5.26 Å². The molecule has 0 amide bonds. The quantitative estimate of drug-likeness (QED) is 0.126. The van der Waals surface area contributed by atoms with Crippen molar-refractivity contribution in [2.45, 2.75) is 111 Å². The highest BCUT2D eigenvalue weighted by Crippen LogP contribution is 2.30. The van der Waals surface area contributed by atoms with Gasteiger partial charge in [0.05, 0.1) is 6.07 Å². The Morgan fingerprint density at radius 2 is 1.50 bits per heavy atom. The molecule has 1 aromatic carbocycles. The van der Waals surface area contributed by atoms with Crippen LogP contribution >= 0.6 is 0 Å². The molecular formula is C31H45N3O2. The van der Waals surface area contributed by atoms with Gasteiger partial charge in [-0.1, -0.05) is 85.0 Å². The molecule has 0 aliphatic rings. The summed E-state index contributed by atoms with van der Waals surface area (Å²) >= 11 is 0. The molecule has 0 aliphatic carbocycles. The van der Waals surface area contributed by atoms with E-state index in [0.29, 0.717) is 18.0 Å². The zero-order valence-corrected chi connectivity index (χ0v) is 22.9. The van der Waals surface area contributed by atoms with E-state index in [9.17, 15) is 10.1 Å². The molecular weight excluding hydrogens is 446 g/mol. The van der Waals surface area contributed by atoms with Crippen molar-refractivity contribution in [2.75, 3.05) is 0 Å². The Labute approximate surface area is 218 Å². The lowest BCUT2D eigenvalue weighted by Crippen LogP contribution is -2.32. The van der Waals surface area contributed by atoms with Gasteiger partial charge in [0.15, 0.2) is 11.2 Å². The maximum atomic E-state index is 12.6. The molecule has 5 nitrogen and oxygen atoms in total. The zero-order valence-electron chi connectivity index (χ0n) is 22.9. The van der Waals surface area contributed by atoms with E-state index in [1.807, 2.05) is 31.5 Å². The highest BCUT2D eigenvalue weighted by atomic mass is 16.5. The van der Waals surface area contributed by atoms with Crippen LogP contribution in [0.1, 0.15) is 110 Å². The van der Waals surface area contributed by atoms with Gasteiger partial charge in [0.2, 0.25) is 0 Å². The molecule has 1 heterocycles. The lowest BCUT2D eigenvalue weighted by atomic mass is 9.82. The van der Waals surface area contributed by atoms with Crippen LogP contribution < -0.4 is 4.74 Å². The summed E-state index contributed by atoms with van der Waals surface area (Å²) in [5.74, 6) is 0.839. The normalized spacial score (nSPS) is 13.5. The van der Waals surface area contributed by atoms with E-state index in [1.54, 1.807) is 19.1 Å². The number of carbonyl (C=O) groups is 1. The van der Waals surface area contributed by atoms with Gasteiger partial charge in [0.1, 0.15) is 5.75 Å². The van der Waals surface area contributed by atoms with Gasteiger partial charge in [-0.05, 0) is 61.9 Å². The summed E-state index contributed by atoms with van der Waals surface area (Å²) in [6.45, 7) is 8.01. The number of unbranched alkanes of at least 4 members (excludes halogenated alkanes) is 9. The van der Waals surface area contributed by atoms with Gasteiger partial charge < -0.3 is 4.74 Å². The van der Waals surface area contributed by atoms with Crippen LogP contribution in [0.15, 0.2) is 36.7 Å². The predicted molar refractivity (Wildman–Crippen MR) is 146 cm³/mol. The standard InChI is InChI=1S/C31H45N3O2/c1-5-7-8-9-10-11-12-13-14-15-16-26-22-33-29(34-23-26)27-17-19-28(20-18-27)36-30(35)31(4,24-32)21-25(3)6-2/h17-20,22-23,25H,5-16,21H2,1-4H3. The molecule has 0 spiro atoms. The number of ether oxygens (including phenoxy) is 1. The second-order valence-electron chi connectivity index (χ2n) is 10.4. The van der Waals surface area contributed by atoms with Crippen molar-refractivity contribution in [3.8, 4) is 23.2 Å². The number of hydrogen-bond acceptors (Lipinski definition) is 5. The number of rotatable bonds is 17. The summed E-state index contributed by atoms with van der Waals surface area (Å²) in [4.78, 5) is 21.7. The zero-order chi connectivity index (χ0) is 26.2. The molecule has 2 aromatic rings. The van der Waals surface area contributed by atoms with Crippen molar-refractivity contribution in [3.63, 3.8) is 0 Å². The summed E-state index contributed by atoms with van der Waals surface area (Å²) in [7, 11) is 0.